The Morgan fingerprint density at radius 2 is 1.55 bits per heavy atom. The molecule has 0 bridgehead atoms. The summed E-state index contributed by atoms with van der Waals surface area (Å²) in [5, 5.41) is 11.2. The van der Waals surface area contributed by atoms with Crippen LogP contribution in [0.4, 0.5) is 0 Å². The average molecular weight is 559 g/mol. The predicted octanol–water partition coefficient (Wildman–Crippen LogP) is 6.35. The first-order valence-corrected chi connectivity index (χ1v) is 15.8. The molecule has 0 radical (unpaired) electrons. The highest BCUT2D eigenvalue weighted by atomic mass is 16.6. The number of hydrogen-bond donors (Lipinski definition) is 1. The molecule has 6 heteroatoms. The van der Waals surface area contributed by atoms with E-state index < -0.39 is 28.5 Å². The summed E-state index contributed by atoms with van der Waals surface area (Å²) in [6.07, 6.45) is 6.95. The van der Waals surface area contributed by atoms with Gasteiger partial charge >= 0.3 is 5.97 Å². The number of esters is 1. The van der Waals surface area contributed by atoms with Crippen molar-refractivity contribution in [3.63, 3.8) is 0 Å². The first-order valence-electron chi connectivity index (χ1n) is 15.8. The van der Waals surface area contributed by atoms with Gasteiger partial charge in [0.25, 0.3) is 0 Å². The normalized spacial score (nSPS) is 41.2. The zero-order valence-electron chi connectivity index (χ0n) is 26.5. The molecule has 40 heavy (non-hydrogen) atoms. The van der Waals surface area contributed by atoms with Gasteiger partial charge in [-0.3, -0.25) is 19.2 Å². The topological polar surface area (TPSA) is 97.7 Å². The number of carbonyl (C=O) groups excluding carboxylic acids is 4. The lowest BCUT2D eigenvalue weighted by Crippen LogP contribution is -2.70. The molecule has 4 saturated carbocycles. The number of carbonyl (C=O) groups is 4. The largest absolute Gasteiger partial charge is 0.460 e. The van der Waals surface area contributed by atoms with Gasteiger partial charge in [0.2, 0.25) is 0 Å². The summed E-state index contributed by atoms with van der Waals surface area (Å²) in [6.45, 7) is 17.0. The molecule has 1 N–H and O–H groups in total. The minimum absolute atomic E-state index is 0.0430. The number of Topliss-reactive ketones (excluding diaryl/α,β-unsaturated/α-hetero) is 3. The standard InChI is InChI=1S/C34H54O6/c1-19(10-15-29(39)40-31(5,6)7)25-13-14-26-24-12-11-23-18-28(38)30(20(2)35)34(21(3)36,22(4)37)33(23,9)27(24)16-17-32(25,26)8/h19,23-28,30,38H,10-18H2,1-9H3/t19-,23+,24+,25-,26+,27+,28+,30?,32-,33-/m1/s1. The molecule has 0 aliphatic heterocycles. The van der Waals surface area contributed by atoms with Crippen LogP contribution in [0.15, 0.2) is 0 Å². The summed E-state index contributed by atoms with van der Waals surface area (Å²) >= 11 is 0. The molecule has 0 aromatic carbocycles. The summed E-state index contributed by atoms with van der Waals surface area (Å²) < 4.78 is 5.57. The van der Waals surface area contributed by atoms with Crippen LogP contribution in [0.5, 0.6) is 0 Å². The molecular weight excluding hydrogens is 504 g/mol. The number of ether oxygens (including phenoxy) is 1. The van der Waals surface area contributed by atoms with E-state index in [-0.39, 0.29) is 40.6 Å². The molecule has 0 spiro atoms. The molecular formula is C34H54O6. The van der Waals surface area contributed by atoms with E-state index >= 15 is 0 Å². The van der Waals surface area contributed by atoms with Crippen molar-refractivity contribution in [2.75, 3.05) is 0 Å². The van der Waals surface area contributed by atoms with E-state index in [0.717, 1.165) is 44.9 Å². The summed E-state index contributed by atoms with van der Waals surface area (Å²) in [4.78, 5) is 52.9. The lowest BCUT2D eigenvalue weighted by molar-refractivity contribution is -0.217. The second-order valence-corrected chi connectivity index (χ2v) is 15.6. The van der Waals surface area contributed by atoms with Gasteiger partial charge in [0.1, 0.15) is 28.4 Å². The molecule has 0 saturated heterocycles. The summed E-state index contributed by atoms with van der Waals surface area (Å²) in [7, 11) is 0. The van der Waals surface area contributed by atoms with E-state index in [1.807, 2.05) is 20.8 Å². The van der Waals surface area contributed by atoms with Gasteiger partial charge in [-0.1, -0.05) is 20.8 Å². The fourth-order valence-corrected chi connectivity index (χ4v) is 11.4. The van der Waals surface area contributed by atoms with Gasteiger partial charge in [-0.2, -0.15) is 0 Å². The van der Waals surface area contributed by atoms with E-state index in [1.165, 1.54) is 20.8 Å². The number of hydrogen-bond acceptors (Lipinski definition) is 6. The Balaban J connectivity index is 1.64. The quantitative estimate of drug-likeness (QED) is 0.289. The molecule has 0 heterocycles. The fourth-order valence-electron chi connectivity index (χ4n) is 11.4. The highest BCUT2D eigenvalue weighted by Gasteiger charge is 2.73. The van der Waals surface area contributed by atoms with E-state index in [9.17, 15) is 24.3 Å². The molecule has 0 amide bonds. The molecule has 6 nitrogen and oxygen atoms in total. The Bertz CT molecular complexity index is 1030. The minimum atomic E-state index is -1.48. The van der Waals surface area contributed by atoms with Crippen molar-refractivity contribution in [2.45, 2.75) is 132 Å². The highest BCUT2D eigenvalue weighted by Crippen LogP contribution is 2.72. The highest BCUT2D eigenvalue weighted by molar-refractivity contribution is 6.10. The lowest BCUT2D eigenvalue weighted by atomic mass is 9.35. The van der Waals surface area contributed by atoms with Gasteiger partial charge in [-0.05, 0) is 139 Å². The van der Waals surface area contributed by atoms with Gasteiger partial charge in [0.15, 0.2) is 0 Å². The van der Waals surface area contributed by atoms with Crippen molar-refractivity contribution in [3.05, 3.63) is 0 Å². The van der Waals surface area contributed by atoms with Gasteiger partial charge in [0.05, 0.1) is 12.0 Å². The van der Waals surface area contributed by atoms with Gasteiger partial charge in [-0.15, -0.1) is 0 Å². The molecule has 0 aromatic heterocycles. The monoisotopic (exact) mass is 558 g/mol. The number of ketones is 3. The van der Waals surface area contributed by atoms with Crippen LogP contribution in [0, 0.1) is 57.7 Å². The first kappa shape index (κ1) is 31.4. The maximum Gasteiger partial charge on any atom is 0.306 e. The number of rotatable bonds is 7. The van der Waals surface area contributed by atoms with Gasteiger partial charge in [-0.25, -0.2) is 0 Å². The Labute approximate surface area is 241 Å². The first-order chi connectivity index (χ1) is 18.4. The Kier molecular flexibility index (Phi) is 8.33. The van der Waals surface area contributed by atoms with Crippen LogP contribution >= 0.6 is 0 Å². The third-order valence-corrected chi connectivity index (χ3v) is 12.7. The molecule has 10 atom stereocenters. The third kappa shape index (κ3) is 4.63. The molecule has 4 rings (SSSR count). The maximum atomic E-state index is 13.7. The second-order valence-electron chi connectivity index (χ2n) is 15.6. The predicted molar refractivity (Wildman–Crippen MR) is 154 cm³/mol. The van der Waals surface area contributed by atoms with Crippen molar-refractivity contribution < 1.29 is 29.0 Å². The minimum Gasteiger partial charge on any atom is -0.460 e. The van der Waals surface area contributed by atoms with Crippen LogP contribution in [-0.4, -0.2) is 40.1 Å². The van der Waals surface area contributed by atoms with E-state index in [2.05, 4.69) is 20.8 Å². The van der Waals surface area contributed by atoms with E-state index in [1.54, 1.807) is 0 Å². The van der Waals surface area contributed by atoms with E-state index in [0.29, 0.717) is 36.5 Å². The molecule has 0 aromatic rings. The third-order valence-electron chi connectivity index (χ3n) is 12.7. The molecule has 4 aliphatic carbocycles. The van der Waals surface area contributed by atoms with Crippen molar-refractivity contribution in [1.82, 2.24) is 0 Å². The van der Waals surface area contributed by atoms with Crippen molar-refractivity contribution in [1.29, 1.82) is 0 Å². The van der Waals surface area contributed by atoms with Crippen LogP contribution in [0.1, 0.15) is 120 Å². The molecule has 4 fully saturated rings. The Morgan fingerprint density at radius 1 is 0.925 bits per heavy atom. The Morgan fingerprint density at radius 3 is 2.10 bits per heavy atom. The maximum absolute atomic E-state index is 13.7. The summed E-state index contributed by atoms with van der Waals surface area (Å²) in [5.74, 6) is 0.186. The molecule has 226 valence electrons. The molecule has 1 unspecified atom stereocenters. The Hall–Kier alpha value is -1.56. The van der Waals surface area contributed by atoms with Crippen LogP contribution in [0.3, 0.4) is 0 Å². The number of aliphatic hydroxyl groups is 1. The SMILES string of the molecule is CC(=O)C1[C@@H](O)C[C@@H]2CC[C@H]3[C@@H]4CC[C@H]([C@H](C)CCC(=O)OC(C)(C)C)[C@@]4(C)CC[C@@H]3[C@]2(C)C1(C(C)=O)C(C)=O. The summed E-state index contributed by atoms with van der Waals surface area (Å²) in [5.41, 5.74) is -2.44. The summed E-state index contributed by atoms with van der Waals surface area (Å²) in [6, 6.07) is 0. The van der Waals surface area contributed by atoms with E-state index in [4.69, 9.17) is 4.74 Å². The van der Waals surface area contributed by atoms with Gasteiger partial charge in [0, 0.05) is 6.42 Å². The molecule has 4 aliphatic rings. The van der Waals surface area contributed by atoms with Crippen molar-refractivity contribution in [2.24, 2.45) is 57.7 Å². The number of aliphatic hydroxyl groups excluding tert-OH is 1. The average Bonchev–Trinajstić information content (AvgIpc) is 3.17. The zero-order chi connectivity index (χ0) is 30.0. The lowest BCUT2D eigenvalue weighted by Gasteiger charge is -2.67. The number of fused-ring (bicyclic) bond motifs is 5. The van der Waals surface area contributed by atoms with Crippen LogP contribution in [0.25, 0.3) is 0 Å². The van der Waals surface area contributed by atoms with Crippen LogP contribution in [0.2, 0.25) is 0 Å². The smallest absolute Gasteiger partial charge is 0.306 e. The fraction of sp³-hybridized carbons (Fsp3) is 0.882. The van der Waals surface area contributed by atoms with Crippen LogP contribution in [-0.2, 0) is 23.9 Å². The van der Waals surface area contributed by atoms with Crippen molar-refractivity contribution >= 4 is 23.3 Å². The van der Waals surface area contributed by atoms with Crippen molar-refractivity contribution in [3.8, 4) is 0 Å². The second kappa shape index (κ2) is 10.6. The van der Waals surface area contributed by atoms with Gasteiger partial charge < -0.3 is 9.84 Å². The van der Waals surface area contributed by atoms with Crippen LogP contribution < -0.4 is 0 Å². The zero-order valence-corrected chi connectivity index (χ0v) is 26.5.